The molecule has 5 N–H and O–H groups in total. The van der Waals surface area contributed by atoms with E-state index in [2.05, 4.69) is 15.3 Å². The molecule has 0 amide bonds. The first-order valence-corrected chi connectivity index (χ1v) is 6.14. The second-order valence-corrected chi connectivity index (χ2v) is 4.79. The monoisotopic (exact) mass is 225 g/mol. The molecule has 1 aliphatic rings. The highest BCUT2D eigenvalue weighted by molar-refractivity contribution is 7.99. The van der Waals surface area contributed by atoms with Crippen LogP contribution >= 0.6 is 11.8 Å². The van der Waals surface area contributed by atoms with Gasteiger partial charge >= 0.3 is 0 Å². The molecule has 0 bridgehead atoms. The topological polar surface area (TPSA) is 89.8 Å². The second kappa shape index (κ2) is 4.57. The quantitative estimate of drug-likeness (QED) is 0.694. The Morgan fingerprint density at radius 2 is 2.00 bits per heavy atom. The number of hydrogen-bond acceptors (Lipinski definition) is 6. The summed E-state index contributed by atoms with van der Waals surface area (Å²) in [6.07, 6.45) is 2.32. The molecule has 0 unspecified atom stereocenters. The highest BCUT2D eigenvalue weighted by Gasteiger charge is 2.14. The lowest BCUT2D eigenvalue weighted by Crippen LogP contribution is -2.25. The van der Waals surface area contributed by atoms with Gasteiger partial charge in [0.25, 0.3) is 0 Å². The third-order valence-corrected chi connectivity index (χ3v) is 3.39. The number of nitrogens with one attached hydrogen (secondary N) is 1. The van der Waals surface area contributed by atoms with E-state index in [4.69, 9.17) is 11.5 Å². The maximum Gasteiger partial charge on any atom is 0.223 e. The summed E-state index contributed by atoms with van der Waals surface area (Å²) in [6.45, 7) is 0. The maximum absolute atomic E-state index is 5.59. The molecule has 82 valence electrons. The van der Waals surface area contributed by atoms with Gasteiger partial charge in [-0.25, -0.2) is 0 Å². The number of anilines is 3. The SMILES string of the molecule is Nc1cc(NC2CCSCC2)nc(N)n1. The third-order valence-electron chi connectivity index (χ3n) is 2.34. The molecule has 1 aromatic heterocycles. The summed E-state index contributed by atoms with van der Waals surface area (Å²) in [5, 5.41) is 3.34. The molecule has 0 radical (unpaired) electrons. The van der Waals surface area contributed by atoms with Crippen molar-refractivity contribution in [1.82, 2.24) is 9.97 Å². The highest BCUT2D eigenvalue weighted by atomic mass is 32.2. The van der Waals surface area contributed by atoms with Gasteiger partial charge < -0.3 is 16.8 Å². The summed E-state index contributed by atoms with van der Waals surface area (Å²) in [4.78, 5) is 7.92. The van der Waals surface area contributed by atoms with Crippen molar-refractivity contribution in [3.63, 3.8) is 0 Å². The molecule has 0 saturated carbocycles. The molecule has 1 saturated heterocycles. The van der Waals surface area contributed by atoms with Crippen molar-refractivity contribution in [2.75, 3.05) is 28.3 Å². The van der Waals surface area contributed by atoms with Gasteiger partial charge in [0.05, 0.1) is 0 Å². The van der Waals surface area contributed by atoms with Crippen molar-refractivity contribution in [2.24, 2.45) is 0 Å². The van der Waals surface area contributed by atoms with Crippen LogP contribution < -0.4 is 16.8 Å². The number of nitrogen functional groups attached to an aromatic ring is 2. The molecule has 2 rings (SSSR count). The van der Waals surface area contributed by atoms with Gasteiger partial charge in [0, 0.05) is 12.1 Å². The van der Waals surface area contributed by atoms with Crippen molar-refractivity contribution in [2.45, 2.75) is 18.9 Å². The van der Waals surface area contributed by atoms with Crippen LogP contribution in [0.3, 0.4) is 0 Å². The Labute approximate surface area is 93.0 Å². The molecule has 1 aromatic rings. The summed E-state index contributed by atoms with van der Waals surface area (Å²) in [6, 6.07) is 2.21. The molecular formula is C9H15N5S. The fourth-order valence-corrected chi connectivity index (χ4v) is 2.72. The molecule has 5 nitrogen and oxygen atoms in total. The number of thioether (sulfide) groups is 1. The Morgan fingerprint density at radius 3 is 2.67 bits per heavy atom. The van der Waals surface area contributed by atoms with E-state index >= 15 is 0 Å². The van der Waals surface area contributed by atoms with Crippen LogP contribution in [0.5, 0.6) is 0 Å². The standard InChI is InChI=1S/C9H15N5S/c10-7-5-8(14-9(11)13-7)12-6-1-3-15-4-2-6/h5-6H,1-4H2,(H5,10,11,12,13,14). The molecule has 0 atom stereocenters. The van der Waals surface area contributed by atoms with Crippen LogP contribution in [0.1, 0.15) is 12.8 Å². The molecule has 0 aliphatic carbocycles. The molecular weight excluding hydrogens is 210 g/mol. The molecule has 2 heterocycles. The lowest BCUT2D eigenvalue weighted by atomic mass is 10.1. The van der Waals surface area contributed by atoms with Crippen LogP contribution in [0.25, 0.3) is 0 Å². The van der Waals surface area contributed by atoms with Crippen LogP contribution in [0.4, 0.5) is 17.6 Å². The van der Waals surface area contributed by atoms with Gasteiger partial charge in [-0.05, 0) is 24.3 Å². The van der Waals surface area contributed by atoms with E-state index in [0.717, 1.165) is 18.7 Å². The Kier molecular flexibility index (Phi) is 3.15. The van der Waals surface area contributed by atoms with E-state index in [1.54, 1.807) is 6.07 Å². The average Bonchev–Trinajstić information content (AvgIpc) is 2.17. The number of hydrogen-bond donors (Lipinski definition) is 3. The first kappa shape index (κ1) is 10.4. The number of aromatic nitrogens is 2. The van der Waals surface area contributed by atoms with E-state index in [1.165, 1.54) is 11.5 Å². The van der Waals surface area contributed by atoms with Crippen LogP contribution in [0.15, 0.2) is 6.07 Å². The molecule has 0 aromatic carbocycles. The van der Waals surface area contributed by atoms with E-state index in [-0.39, 0.29) is 5.95 Å². The molecule has 15 heavy (non-hydrogen) atoms. The predicted octanol–water partition coefficient (Wildman–Crippen LogP) is 0.948. The Morgan fingerprint density at radius 1 is 1.27 bits per heavy atom. The van der Waals surface area contributed by atoms with E-state index in [9.17, 15) is 0 Å². The van der Waals surface area contributed by atoms with Crippen molar-refractivity contribution < 1.29 is 0 Å². The van der Waals surface area contributed by atoms with Crippen molar-refractivity contribution in [3.05, 3.63) is 6.07 Å². The Balaban J connectivity index is 2.02. The lowest BCUT2D eigenvalue weighted by Gasteiger charge is -2.23. The maximum atomic E-state index is 5.59. The van der Waals surface area contributed by atoms with Gasteiger partial charge in [0.1, 0.15) is 11.6 Å². The second-order valence-electron chi connectivity index (χ2n) is 3.57. The van der Waals surface area contributed by atoms with Crippen molar-refractivity contribution in [3.8, 4) is 0 Å². The fourth-order valence-electron chi connectivity index (χ4n) is 1.61. The minimum Gasteiger partial charge on any atom is -0.383 e. The zero-order chi connectivity index (χ0) is 10.7. The van der Waals surface area contributed by atoms with Gasteiger partial charge in [0.15, 0.2) is 0 Å². The zero-order valence-electron chi connectivity index (χ0n) is 8.44. The third kappa shape index (κ3) is 2.89. The predicted molar refractivity (Wildman–Crippen MR) is 64.8 cm³/mol. The largest absolute Gasteiger partial charge is 0.383 e. The van der Waals surface area contributed by atoms with Crippen LogP contribution in [-0.2, 0) is 0 Å². The van der Waals surface area contributed by atoms with E-state index < -0.39 is 0 Å². The summed E-state index contributed by atoms with van der Waals surface area (Å²) < 4.78 is 0. The van der Waals surface area contributed by atoms with Gasteiger partial charge in [-0.2, -0.15) is 21.7 Å². The Bertz CT molecular complexity index is 317. The molecule has 1 aliphatic heterocycles. The van der Waals surface area contributed by atoms with Gasteiger partial charge in [-0.1, -0.05) is 0 Å². The molecule has 0 spiro atoms. The zero-order valence-corrected chi connectivity index (χ0v) is 9.26. The van der Waals surface area contributed by atoms with Crippen LogP contribution in [0, 0.1) is 0 Å². The first-order chi connectivity index (χ1) is 7.24. The lowest BCUT2D eigenvalue weighted by molar-refractivity contribution is 0.664. The number of rotatable bonds is 2. The van der Waals surface area contributed by atoms with Gasteiger partial charge in [-0.3, -0.25) is 0 Å². The average molecular weight is 225 g/mol. The van der Waals surface area contributed by atoms with E-state index in [0.29, 0.717) is 11.9 Å². The van der Waals surface area contributed by atoms with Crippen molar-refractivity contribution >= 4 is 29.3 Å². The van der Waals surface area contributed by atoms with Crippen molar-refractivity contribution in [1.29, 1.82) is 0 Å². The number of nitrogens with two attached hydrogens (primary N) is 2. The fraction of sp³-hybridized carbons (Fsp3) is 0.556. The molecule has 1 fully saturated rings. The minimum atomic E-state index is 0.225. The van der Waals surface area contributed by atoms with Crippen LogP contribution in [-0.4, -0.2) is 27.5 Å². The minimum absolute atomic E-state index is 0.225. The van der Waals surface area contributed by atoms with E-state index in [1.807, 2.05) is 11.8 Å². The smallest absolute Gasteiger partial charge is 0.223 e. The van der Waals surface area contributed by atoms with Gasteiger partial charge in [-0.15, -0.1) is 0 Å². The summed E-state index contributed by atoms with van der Waals surface area (Å²) in [5.74, 6) is 3.77. The first-order valence-electron chi connectivity index (χ1n) is 4.98. The molecule has 6 heteroatoms. The van der Waals surface area contributed by atoms with Gasteiger partial charge in [0.2, 0.25) is 5.95 Å². The van der Waals surface area contributed by atoms with Crippen LogP contribution in [0.2, 0.25) is 0 Å². The highest BCUT2D eigenvalue weighted by Crippen LogP contribution is 2.20. The summed E-state index contributed by atoms with van der Waals surface area (Å²) >= 11 is 1.99. The number of nitrogens with zero attached hydrogens (tertiary/aromatic N) is 2. The summed E-state index contributed by atoms with van der Waals surface area (Å²) in [5.41, 5.74) is 11.1. The normalized spacial score (nSPS) is 17.6. The summed E-state index contributed by atoms with van der Waals surface area (Å²) in [7, 11) is 0. The Hall–Kier alpha value is -1.17.